The molecule has 0 saturated heterocycles. The van der Waals surface area contributed by atoms with Crippen LogP contribution in [0.2, 0.25) is 4.18 Å². The molecule has 126 valence electrons. The first-order chi connectivity index (χ1) is 9.23. The van der Waals surface area contributed by atoms with Crippen molar-refractivity contribution in [2.45, 2.75) is 51.6 Å². The third-order valence-corrected chi connectivity index (χ3v) is 40.0. The summed E-state index contributed by atoms with van der Waals surface area (Å²) in [6, 6.07) is 0. The summed E-state index contributed by atoms with van der Waals surface area (Å²) in [5, 5.41) is 0. The standard InChI is InChI=1S/C9H13.C5H5.C3H7.3ClH.Hf.H2Si/c1-6-5-7(2)9(4)8(6)3;1-2-4-5-3-1;1-3-2;;;;;/h6H,1-4H3;1-3H,4H2;1,3H2,2H3;3*1H;;1H2/q;;;;;;+1;/p-1. The van der Waals surface area contributed by atoms with Gasteiger partial charge in [-0.1, -0.05) is 0 Å². The summed E-state index contributed by atoms with van der Waals surface area (Å²) in [7, 11) is 7.67. The van der Waals surface area contributed by atoms with Crippen LogP contribution in [0.15, 0.2) is 41.6 Å². The molecule has 2 aliphatic carbocycles. The summed E-state index contributed by atoms with van der Waals surface area (Å²) >= 11 is -3.63. The molecule has 0 aromatic heterocycles. The van der Waals surface area contributed by atoms with Gasteiger partial charge in [-0.2, -0.15) is 0 Å². The summed E-state index contributed by atoms with van der Waals surface area (Å²) in [6.07, 6.45) is 9.10. The molecule has 0 amide bonds. The molecule has 5 heteroatoms. The van der Waals surface area contributed by atoms with Crippen molar-refractivity contribution in [3.63, 3.8) is 0 Å². The number of allylic oxidation sites excluding steroid dienone is 8. The van der Waals surface area contributed by atoms with E-state index in [2.05, 4.69) is 59.8 Å². The van der Waals surface area contributed by atoms with Crippen LogP contribution >= 0.6 is 33.4 Å². The average molecular weight is 546 g/mol. The Hall–Kier alpha value is 0.917. The van der Waals surface area contributed by atoms with Crippen LogP contribution in [-0.2, 0) is 15.9 Å². The van der Waals surface area contributed by atoms with E-state index >= 15 is 0 Å². The van der Waals surface area contributed by atoms with Crippen molar-refractivity contribution in [3.8, 4) is 0 Å². The Kier molecular flexibility index (Phi) is 8.19. The zero-order chi connectivity index (χ0) is 15.2. The monoisotopic (exact) mass is 546 g/mol. The molecule has 0 heterocycles. The van der Waals surface area contributed by atoms with E-state index in [1.54, 1.807) is 6.66 Å². The minimum atomic E-state index is -3.63. The number of hydrogen-bond donors (Lipinski definition) is 0. The Morgan fingerprint density at radius 3 is 2.18 bits per heavy atom. The predicted molar refractivity (Wildman–Crippen MR) is 106 cm³/mol. The van der Waals surface area contributed by atoms with Crippen LogP contribution < -0.4 is 0 Å². The molecular weight excluding hydrogens is 517 g/mol. The van der Waals surface area contributed by atoms with Crippen LogP contribution in [0, 0.1) is 5.92 Å². The normalized spacial score (nSPS) is 21.8. The average Bonchev–Trinajstić information content (AvgIpc) is 2.96. The molecule has 0 aromatic carbocycles. The van der Waals surface area contributed by atoms with E-state index in [9.17, 15) is 0 Å². The molecule has 1 atom stereocenters. The number of hydrogen-bond acceptors (Lipinski definition) is 0. The van der Waals surface area contributed by atoms with Gasteiger partial charge in [0, 0.05) is 0 Å². The molecule has 0 nitrogen and oxygen atoms in total. The van der Waals surface area contributed by atoms with Crippen LogP contribution in [0.1, 0.15) is 47.5 Å². The Balaban J connectivity index is 0.00000220. The van der Waals surface area contributed by atoms with Crippen molar-refractivity contribution in [1.82, 2.24) is 0 Å². The van der Waals surface area contributed by atoms with Crippen molar-refractivity contribution in [1.29, 1.82) is 0 Å². The fraction of sp³-hybridized carbons (Fsp3) is 0.529. The van der Waals surface area contributed by atoms with Crippen molar-refractivity contribution in [2.75, 3.05) is 0 Å². The molecule has 0 spiro atoms. The minimum absolute atomic E-state index is 0. The SMILES string of the molecule is CC[CH2][Hf](=[SiH2])([Cl])([C]1=CC=CC1)[C]1=C(C)C(C)=C(C)C1C.Cl.Cl. The maximum atomic E-state index is 7.67. The summed E-state index contributed by atoms with van der Waals surface area (Å²) in [4.78, 5) is 0. The van der Waals surface area contributed by atoms with E-state index in [1.165, 1.54) is 27.3 Å². The molecule has 0 aliphatic heterocycles. The van der Waals surface area contributed by atoms with E-state index in [4.69, 9.17) is 8.58 Å². The van der Waals surface area contributed by atoms with Gasteiger partial charge in [-0.25, -0.2) is 0 Å². The maximum Gasteiger partial charge on any atom is -0.147 e. The van der Waals surface area contributed by atoms with Crippen molar-refractivity contribution in [2.24, 2.45) is 5.92 Å². The molecule has 2 rings (SSSR count). The van der Waals surface area contributed by atoms with Gasteiger partial charge in [-0.05, 0) is 0 Å². The molecular formula is C17H29Cl3HfSi. The fourth-order valence-electron chi connectivity index (χ4n) is 4.15. The molecule has 22 heavy (non-hydrogen) atoms. The topological polar surface area (TPSA) is 0 Å². The summed E-state index contributed by atoms with van der Waals surface area (Å²) in [5.74, 6) is 0.549. The van der Waals surface area contributed by atoms with Gasteiger partial charge in [0.2, 0.25) is 0 Å². The van der Waals surface area contributed by atoms with Gasteiger partial charge in [-0.3, -0.25) is 0 Å². The van der Waals surface area contributed by atoms with Crippen molar-refractivity contribution < 1.29 is 15.9 Å². The van der Waals surface area contributed by atoms with Gasteiger partial charge < -0.3 is 0 Å². The van der Waals surface area contributed by atoms with Crippen molar-refractivity contribution in [3.05, 3.63) is 41.6 Å². The van der Waals surface area contributed by atoms with Crippen molar-refractivity contribution >= 4 is 40.3 Å². The van der Waals surface area contributed by atoms with Crippen LogP contribution in [0.3, 0.4) is 0 Å². The zero-order valence-corrected chi connectivity index (χ0v) is 21.7. The third kappa shape index (κ3) is 3.47. The Morgan fingerprint density at radius 1 is 1.23 bits per heavy atom. The van der Waals surface area contributed by atoms with Gasteiger partial charge in [0.15, 0.2) is 0 Å². The van der Waals surface area contributed by atoms with Gasteiger partial charge in [0.25, 0.3) is 0 Å². The first-order valence-corrected chi connectivity index (χ1v) is 26.6. The Bertz CT molecular complexity index is 640. The molecule has 1 unspecified atom stereocenters. The maximum absolute atomic E-state index is 7.67. The smallest absolute Gasteiger partial charge is 0.147 e. The molecule has 0 fully saturated rings. The number of rotatable bonds is 4. The largest absolute Gasteiger partial charge is 0.147 e. The van der Waals surface area contributed by atoms with Crippen LogP contribution in [0.5, 0.6) is 0 Å². The fourth-order valence-corrected chi connectivity index (χ4v) is 38.1. The van der Waals surface area contributed by atoms with Crippen LogP contribution in [0.4, 0.5) is 0 Å². The van der Waals surface area contributed by atoms with Crippen LogP contribution in [0.25, 0.3) is 0 Å². The second-order valence-corrected chi connectivity index (χ2v) is 47.7. The summed E-state index contributed by atoms with van der Waals surface area (Å²) in [6.45, 7) is 13.8. The van der Waals surface area contributed by atoms with E-state index in [0.717, 1.165) is 6.42 Å². The molecule has 0 N–H and O–H groups in total. The second kappa shape index (κ2) is 7.87. The molecule has 0 bridgehead atoms. The third-order valence-electron chi connectivity index (χ3n) is 5.54. The Labute approximate surface area is 154 Å². The second-order valence-electron chi connectivity index (χ2n) is 6.68. The predicted octanol–water partition coefficient (Wildman–Crippen LogP) is 6.15. The first kappa shape index (κ1) is 22.9. The van der Waals surface area contributed by atoms with Gasteiger partial charge in [0.05, 0.1) is 0 Å². The van der Waals surface area contributed by atoms with E-state index in [1.807, 2.05) is 0 Å². The summed E-state index contributed by atoms with van der Waals surface area (Å²) < 4.78 is 4.48. The first-order valence-electron chi connectivity index (χ1n) is 7.73. The molecule has 2 aliphatic rings. The van der Waals surface area contributed by atoms with E-state index in [-0.39, 0.29) is 24.8 Å². The van der Waals surface area contributed by atoms with Gasteiger partial charge in [0.1, 0.15) is 0 Å². The molecule has 0 aromatic rings. The molecule has 0 radical (unpaired) electrons. The summed E-state index contributed by atoms with van der Waals surface area (Å²) in [5.41, 5.74) is 4.54. The Morgan fingerprint density at radius 2 is 1.82 bits per heavy atom. The van der Waals surface area contributed by atoms with Gasteiger partial charge >= 0.3 is 131 Å². The van der Waals surface area contributed by atoms with Crippen LogP contribution in [-0.4, -0.2) is 6.94 Å². The zero-order valence-electron chi connectivity index (χ0n) is 14.3. The quantitative estimate of drug-likeness (QED) is 0.371. The minimum Gasteiger partial charge on any atom is -0.147 e. The van der Waals surface area contributed by atoms with E-state index < -0.39 is 15.9 Å². The molecule has 0 saturated carbocycles. The van der Waals surface area contributed by atoms with E-state index in [0.29, 0.717) is 5.92 Å². The van der Waals surface area contributed by atoms with Gasteiger partial charge in [-0.15, -0.1) is 24.8 Å². The number of halogens is 3.